The lowest BCUT2D eigenvalue weighted by molar-refractivity contribution is -0.149. The highest BCUT2D eigenvalue weighted by molar-refractivity contribution is 5.72. The van der Waals surface area contributed by atoms with Crippen LogP contribution in [0.25, 0.3) is 0 Å². The molecule has 4 heteroatoms. The van der Waals surface area contributed by atoms with E-state index in [0.29, 0.717) is 19.7 Å². The summed E-state index contributed by atoms with van der Waals surface area (Å²) < 4.78 is 5.25. The summed E-state index contributed by atoms with van der Waals surface area (Å²) in [5, 5.41) is 12.0. The van der Waals surface area contributed by atoms with Crippen molar-refractivity contribution in [2.24, 2.45) is 11.8 Å². The molecule has 0 amide bonds. The minimum atomic E-state index is -0.201. The van der Waals surface area contributed by atoms with E-state index >= 15 is 0 Å². The average Bonchev–Trinajstić information content (AvgIpc) is 2.45. The molecular formula is C15H23NO3. The average molecular weight is 265 g/mol. The molecule has 0 saturated heterocycles. The number of aliphatic hydroxyl groups is 1. The number of carbonyl (C=O) groups is 1. The van der Waals surface area contributed by atoms with Crippen LogP contribution in [0.3, 0.4) is 0 Å². The summed E-state index contributed by atoms with van der Waals surface area (Å²) in [6.07, 6.45) is 0. The Morgan fingerprint density at radius 3 is 2.58 bits per heavy atom. The molecule has 1 rings (SSSR count). The van der Waals surface area contributed by atoms with E-state index in [2.05, 4.69) is 5.32 Å². The molecule has 2 atom stereocenters. The van der Waals surface area contributed by atoms with Gasteiger partial charge >= 0.3 is 5.97 Å². The number of hydrogen-bond acceptors (Lipinski definition) is 4. The Morgan fingerprint density at radius 2 is 1.95 bits per heavy atom. The van der Waals surface area contributed by atoms with Gasteiger partial charge in [0.2, 0.25) is 0 Å². The molecule has 0 aliphatic rings. The first kappa shape index (κ1) is 15.7. The number of carbonyl (C=O) groups excluding carboxylic acids is 1. The minimum absolute atomic E-state index is 0.153. The van der Waals surface area contributed by atoms with E-state index in [0.717, 1.165) is 5.56 Å². The second-order valence-corrected chi connectivity index (χ2v) is 4.94. The van der Waals surface area contributed by atoms with Gasteiger partial charge in [0, 0.05) is 13.2 Å². The first-order chi connectivity index (χ1) is 9.13. The van der Waals surface area contributed by atoms with Gasteiger partial charge in [-0.05, 0) is 18.0 Å². The molecule has 106 valence electrons. The molecule has 0 heterocycles. The molecule has 0 aliphatic carbocycles. The van der Waals surface area contributed by atoms with Crippen LogP contribution < -0.4 is 5.32 Å². The second-order valence-electron chi connectivity index (χ2n) is 4.94. The zero-order chi connectivity index (χ0) is 14.1. The van der Waals surface area contributed by atoms with Gasteiger partial charge in [0.1, 0.15) is 6.61 Å². The molecule has 0 bridgehead atoms. The molecule has 0 radical (unpaired) electrons. The van der Waals surface area contributed by atoms with Crippen LogP contribution in [0.5, 0.6) is 0 Å². The van der Waals surface area contributed by atoms with E-state index in [-0.39, 0.29) is 24.4 Å². The molecule has 0 aromatic heterocycles. The Morgan fingerprint density at radius 1 is 1.26 bits per heavy atom. The van der Waals surface area contributed by atoms with Crippen molar-refractivity contribution in [1.29, 1.82) is 0 Å². The van der Waals surface area contributed by atoms with Crippen LogP contribution in [0.4, 0.5) is 0 Å². The van der Waals surface area contributed by atoms with Crippen LogP contribution in [-0.2, 0) is 16.1 Å². The molecule has 0 saturated carbocycles. The molecule has 2 N–H and O–H groups in total. The van der Waals surface area contributed by atoms with Gasteiger partial charge in [-0.1, -0.05) is 44.2 Å². The second kappa shape index (κ2) is 8.67. The predicted molar refractivity (Wildman–Crippen MR) is 74.5 cm³/mol. The minimum Gasteiger partial charge on any atom is -0.461 e. The van der Waals surface area contributed by atoms with E-state index in [9.17, 15) is 4.79 Å². The van der Waals surface area contributed by atoms with Gasteiger partial charge in [0.25, 0.3) is 0 Å². The molecule has 0 aliphatic heterocycles. The first-order valence-corrected chi connectivity index (χ1v) is 6.65. The highest BCUT2D eigenvalue weighted by atomic mass is 16.5. The third-order valence-electron chi connectivity index (χ3n) is 2.88. The smallest absolute Gasteiger partial charge is 0.310 e. The number of nitrogens with one attached hydrogen (secondary N) is 1. The number of benzene rings is 1. The third kappa shape index (κ3) is 6.36. The molecule has 1 aromatic rings. The van der Waals surface area contributed by atoms with Crippen LogP contribution in [-0.4, -0.2) is 30.8 Å². The Kier molecular flexibility index (Phi) is 7.15. The number of hydrogen-bond donors (Lipinski definition) is 2. The monoisotopic (exact) mass is 265 g/mol. The van der Waals surface area contributed by atoms with Gasteiger partial charge in [0.15, 0.2) is 0 Å². The van der Waals surface area contributed by atoms with Crippen LogP contribution in [0.15, 0.2) is 30.3 Å². The fraction of sp³-hybridized carbons (Fsp3) is 0.533. The number of ether oxygens (including phenoxy) is 1. The summed E-state index contributed by atoms with van der Waals surface area (Å²) in [6.45, 7) is 5.52. The van der Waals surface area contributed by atoms with Crippen molar-refractivity contribution < 1.29 is 14.6 Å². The van der Waals surface area contributed by atoms with Crippen LogP contribution in [0, 0.1) is 11.8 Å². The quantitative estimate of drug-likeness (QED) is 0.701. The fourth-order valence-corrected chi connectivity index (χ4v) is 1.57. The van der Waals surface area contributed by atoms with E-state index in [1.165, 1.54) is 0 Å². The Hall–Kier alpha value is -1.39. The maximum absolute atomic E-state index is 11.8. The van der Waals surface area contributed by atoms with Gasteiger partial charge in [0.05, 0.1) is 5.92 Å². The molecule has 2 unspecified atom stereocenters. The number of esters is 1. The Balaban J connectivity index is 2.21. The standard InChI is InChI=1S/C15H23NO3/c1-12(10-17)8-16-9-13(2)15(18)19-11-14-6-4-3-5-7-14/h3-7,12-13,16-17H,8-11H2,1-2H3. The molecule has 0 fully saturated rings. The van der Waals surface area contributed by atoms with Gasteiger partial charge in [-0.25, -0.2) is 0 Å². The van der Waals surface area contributed by atoms with Gasteiger partial charge < -0.3 is 15.2 Å². The van der Waals surface area contributed by atoms with Crippen LogP contribution in [0.2, 0.25) is 0 Å². The van der Waals surface area contributed by atoms with Crippen molar-refractivity contribution in [2.45, 2.75) is 20.5 Å². The fourth-order valence-electron chi connectivity index (χ4n) is 1.57. The van der Waals surface area contributed by atoms with Crippen molar-refractivity contribution >= 4 is 5.97 Å². The zero-order valence-electron chi connectivity index (χ0n) is 11.6. The maximum Gasteiger partial charge on any atom is 0.310 e. The summed E-state index contributed by atoms with van der Waals surface area (Å²) >= 11 is 0. The summed E-state index contributed by atoms with van der Waals surface area (Å²) in [5.41, 5.74) is 0.991. The largest absolute Gasteiger partial charge is 0.461 e. The third-order valence-corrected chi connectivity index (χ3v) is 2.88. The maximum atomic E-state index is 11.8. The van der Waals surface area contributed by atoms with E-state index in [1.54, 1.807) is 0 Å². The molecule has 1 aromatic carbocycles. The van der Waals surface area contributed by atoms with Crippen molar-refractivity contribution in [3.8, 4) is 0 Å². The molecule has 19 heavy (non-hydrogen) atoms. The van der Waals surface area contributed by atoms with Crippen molar-refractivity contribution in [3.63, 3.8) is 0 Å². The molecule has 4 nitrogen and oxygen atoms in total. The van der Waals surface area contributed by atoms with E-state index in [1.807, 2.05) is 44.2 Å². The Labute approximate surface area is 114 Å². The van der Waals surface area contributed by atoms with Gasteiger partial charge in [-0.2, -0.15) is 0 Å². The Bertz CT molecular complexity index is 367. The van der Waals surface area contributed by atoms with Gasteiger partial charge in [-0.15, -0.1) is 0 Å². The highest BCUT2D eigenvalue weighted by Gasteiger charge is 2.14. The van der Waals surface area contributed by atoms with Crippen LogP contribution >= 0.6 is 0 Å². The van der Waals surface area contributed by atoms with Gasteiger partial charge in [-0.3, -0.25) is 4.79 Å². The summed E-state index contributed by atoms with van der Waals surface area (Å²) in [5.74, 6) is -0.185. The summed E-state index contributed by atoms with van der Waals surface area (Å²) in [4.78, 5) is 11.8. The van der Waals surface area contributed by atoms with E-state index < -0.39 is 0 Å². The lowest BCUT2D eigenvalue weighted by atomic mass is 10.1. The van der Waals surface area contributed by atoms with E-state index in [4.69, 9.17) is 9.84 Å². The zero-order valence-corrected chi connectivity index (χ0v) is 11.6. The van der Waals surface area contributed by atoms with Crippen molar-refractivity contribution in [2.75, 3.05) is 19.7 Å². The summed E-state index contributed by atoms with van der Waals surface area (Å²) in [6, 6.07) is 9.63. The highest BCUT2D eigenvalue weighted by Crippen LogP contribution is 2.04. The number of aliphatic hydroxyl groups excluding tert-OH is 1. The molecular weight excluding hydrogens is 242 g/mol. The lowest BCUT2D eigenvalue weighted by Gasteiger charge is -2.14. The topological polar surface area (TPSA) is 58.6 Å². The van der Waals surface area contributed by atoms with Crippen molar-refractivity contribution in [3.05, 3.63) is 35.9 Å². The first-order valence-electron chi connectivity index (χ1n) is 6.65. The summed E-state index contributed by atoms with van der Waals surface area (Å²) in [7, 11) is 0. The number of rotatable bonds is 8. The SMILES string of the molecule is CC(CO)CNCC(C)C(=O)OCc1ccccc1. The lowest BCUT2D eigenvalue weighted by Crippen LogP contribution is -2.31. The predicted octanol–water partition coefficient (Wildman–Crippen LogP) is 1.58. The van der Waals surface area contributed by atoms with Crippen molar-refractivity contribution in [1.82, 2.24) is 5.32 Å². The normalized spacial score (nSPS) is 13.8. The molecule has 0 spiro atoms. The van der Waals surface area contributed by atoms with Crippen LogP contribution in [0.1, 0.15) is 19.4 Å².